The van der Waals surface area contributed by atoms with Crippen LogP contribution < -0.4 is 29.6 Å². The molecule has 8 aromatic rings. The molecule has 8 aromatic carbocycles. The molecule has 0 fully saturated rings. The van der Waals surface area contributed by atoms with Crippen LogP contribution in [0.3, 0.4) is 0 Å². The van der Waals surface area contributed by atoms with E-state index in [0.717, 1.165) is 40.3 Å². The minimum atomic E-state index is -0.833. The smallest absolute Gasteiger partial charge is 0.300 e. The highest BCUT2D eigenvalue weighted by molar-refractivity contribution is 8.02. The molecule has 392 valence electrons. The molecule has 2 heterocycles. The summed E-state index contributed by atoms with van der Waals surface area (Å²) in [5, 5.41) is 39.4. The van der Waals surface area contributed by atoms with E-state index < -0.39 is 5.97 Å². The summed E-state index contributed by atoms with van der Waals surface area (Å²) in [7, 11) is 3.18. The van der Waals surface area contributed by atoms with Crippen molar-refractivity contribution in [3.05, 3.63) is 237 Å². The molecule has 10 rings (SSSR count). The number of carboxylic acid groups (broad SMARTS) is 1. The number of aliphatic carboxylic acids is 1. The van der Waals surface area contributed by atoms with Gasteiger partial charge in [-0.05, 0) is 79.2 Å². The number of carbonyl (C=O) groups excluding carboxylic acids is 2. The third-order valence-electron chi connectivity index (χ3n) is 12.9. The highest BCUT2D eigenvalue weighted by atomic mass is 32.2. The number of thioether (sulfide) groups is 2. The number of fused-ring (bicyclic) bond motifs is 2. The van der Waals surface area contributed by atoms with Crippen molar-refractivity contribution in [2.24, 2.45) is 0 Å². The molecular weight excluding hydrogens is 1020 g/mol. The van der Waals surface area contributed by atoms with E-state index in [2.05, 4.69) is 71.3 Å². The summed E-state index contributed by atoms with van der Waals surface area (Å²) in [4.78, 5) is 34.4. The van der Waals surface area contributed by atoms with Gasteiger partial charge in [-0.1, -0.05) is 158 Å². The van der Waals surface area contributed by atoms with Crippen LogP contribution in [0.1, 0.15) is 65.0 Å². The lowest BCUT2D eigenvalue weighted by molar-refractivity contribution is -0.134. The standard InChI is InChI=1S/2C31H26N2O3S.C2H4O2/c2*1-35-29-16-23(14-15-28(29)36-19-21-8-3-2-4-9-21)26-17-30(34)33-31(27(26)18-32)37-20-24-12-7-11-22-10-5-6-13-25(22)24;1-2(3)4/h2*2-16,26H,17,19-20H2,1H3,(H,33,34);1H3,(H,3,4). The normalized spacial score (nSPS) is 14.8. The fourth-order valence-electron chi connectivity index (χ4n) is 9.08. The van der Waals surface area contributed by atoms with Crippen LogP contribution in [0.4, 0.5) is 0 Å². The van der Waals surface area contributed by atoms with E-state index >= 15 is 0 Å². The molecule has 2 unspecified atom stereocenters. The lowest BCUT2D eigenvalue weighted by Crippen LogP contribution is -2.30. The van der Waals surface area contributed by atoms with E-state index in [1.807, 2.05) is 133 Å². The molecule has 2 amide bonds. The number of hydrogen-bond donors (Lipinski definition) is 3. The van der Waals surface area contributed by atoms with Gasteiger partial charge in [0.1, 0.15) is 13.2 Å². The average Bonchev–Trinajstić information content (AvgIpc) is 3.48. The monoisotopic (exact) mass is 1070 g/mol. The van der Waals surface area contributed by atoms with E-state index in [4.69, 9.17) is 28.8 Å². The first-order valence-corrected chi connectivity index (χ1v) is 27.0. The lowest BCUT2D eigenvalue weighted by Gasteiger charge is -2.26. The fraction of sp³-hybridized carbons (Fsp3) is 0.172. The predicted molar refractivity (Wildman–Crippen MR) is 308 cm³/mol. The Hall–Kier alpha value is -8.95. The molecule has 0 radical (unpaired) electrons. The van der Waals surface area contributed by atoms with Crippen molar-refractivity contribution in [3.8, 4) is 35.1 Å². The first kappa shape index (κ1) is 55.3. The number of amides is 2. The van der Waals surface area contributed by atoms with Gasteiger partial charge in [-0.25, -0.2) is 0 Å². The molecule has 14 heteroatoms. The predicted octanol–water partition coefficient (Wildman–Crippen LogP) is 13.5. The number of nitrogens with one attached hydrogen (secondary N) is 2. The van der Waals surface area contributed by atoms with Crippen molar-refractivity contribution < 1.29 is 38.4 Å². The van der Waals surface area contributed by atoms with E-state index in [0.29, 0.717) is 68.9 Å². The van der Waals surface area contributed by atoms with Gasteiger partial charge in [-0.15, -0.1) is 23.5 Å². The van der Waals surface area contributed by atoms with Crippen LogP contribution in [-0.2, 0) is 39.1 Å². The third-order valence-corrected chi connectivity index (χ3v) is 15.0. The Kier molecular flexibility index (Phi) is 19.3. The number of allylic oxidation sites excluding steroid dienone is 2. The van der Waals surface area contributed by atoms with E-state index in [1.165, 1.54) is 45.1 Å². The minimum absolute atomic E-state index is 0.104. The second-order valence-corrected chi connectivity index (χ2v) is 20.0. The van der Waals surface area contributed by atoms with Crippen molar-refractivity contribution in [2.45, 2.75) is 56.3 Å². The maximum absolute atomic E-state index is 12.7. The highest BCUT2D eigenvalue weighted by Gasteiger charge is 2.32. The molecule has 0 saturated carbocycles. The lowest BCUT2D eigenvalue weighted by atomic mass is 9.87. The molecule has 78 heavy (non-hydrogen) atoms. The van der Waals surface area contributed by atoms with Crippen LogP contribution in [0, 0.1) is 22.7 Å². The second-order valence-electron chi connectivity index (χ2n) is 18.1. The van der Waals surface area contributed by atoms with Crippen LogP contribution in [0.2, 0.25) is 0 Å². The Labute approximate surface area is 462 Å². The molecule has 0 aromatic heterocycles. The van der Waals surface area contributed by atoms with Crippen LogP contribution in [0.15, 0.2) is 203 Å². The van der Waals surface area contributed by atoms with Gasteiger partial charge < -0.3 is 34.7 Å². The molecule has 0 aliphatic carbocycles. The van der Waals surface area contributed by atoms with Gasteiger partial charge in [0.15, 0.2) is 23.0 Å². The number of carboxylic acids is 1. The van der Waals surface area contributed by atoms with Crippen molar-refractivity contribution in [1.82, 2.24) is 10.6 Å². The SMILES string of the molecule is CC(=O)O.COc1cc(C2CC(=O)NC(SCc3cccc4ccccc34)=C2C#N)ccc1OCc1ccccc1.COc1cc(C2CC(=O)NC(SCc3cccc4ccccc34)=C2C#N)ccc1OCc1ccccc1. The Morgan fingerprint density at radius 3 is 1.29 bits per heavy atom. The topological polar surface area (TPSA) is 180 Å². The summed E-state index contributed by atoms with van der Waals surface area (Å²) in [5.41, 5.74) is 7.24. The number of carbonyl (C=O) groups is 3. The Balaban J connectivity index is 0.000000193. The van der Waals surface area contributed by atoms with Gasteiger partial charge in [-0.2, -0.15) is 10.5 Å². The summed E-state index contributed by atoms with van der Waals surface area (Å²) < 4.78 is 23.2. The van der Waals surface area contributed by atoms with Crippen LogP contribution in [-0.4, -0.2) is 37.1 Å². The summed E-state index contributed by atoms with van der Waals surface area (Å²) in [6, 6.07) is 64.7. The summed E-state index contributed by atoms with van der Waals surface area (Å²) in [5.74, 6) is 1.90. The molecule has 2 aliphatic heterocycles. The van der Waals surface area contributed by atoms with Gasteiger partial charge >= 0.3 is 0 Å². The number of ether oxygens (including phenoxy) is 4. The van der Waals surface area contributed by atoms with Crippen molar-refractivity contribution in [1.29, 1.82) is 10.5 Å². The van der Waals surface area contributed by atoms with Gasteiger partial charge in [0.25, 0.3) is 5.97 Å². The summed E-state index contributed by atoms with van der Waals surface area (Å²) in [6.45, 7) is 1.92. The van der Waals surface area contributed by atoms with Gasteiger partial charge in [0.2, 0.25) is 11.8 Å². The molecule has 0 bridgehead atoms. The van der Waals surface area contributed by atoms with Gasteiger partial charge in [-0.3, -0.25) is 14.4 Å². The number of nitrogens with zero attached hydrogens (tertiary/aromatic N) is 2. The van der Waals surface area contributed by atoms with Gasteiger partial charge in [0.05, 0.1) is 47.6 Å². The highest BCUT2D eigenvalue weighted by Crippen LogP contribution is 2.42. The maximum atomic E-state index is 12.7. The maximum Gasteiger partial charge on any atom is 0.300 e. The largest absolute Gasteiger partial charge is 0.493 e. The Bertz CT molecular complexity index is 3350. The number of nitriles is 2. The minimum Gasteiger partial charge on any atom is -0.493 e. The average molecular weight is 1070 g/mol. The zero-order valence-corrected chi connectivity index (χ0v) is 44.9. The molecule has 12 nitrogen and oxygen atoms in total. The number of methoxy groups -OCH3 is 2. The van der Waals surface area contributed by atoms with E-state index in [-0.39, 0.29) is 36.5 Å². The van der Waals surface area contributed by atoms with Gasteiger partial charge in [0, 0.05) is 43.1 Å². The van der Waals surface area contributed by atoms with Crippen molar-refractivity contribution >= 4 is 62.9 Å². The zero-order chi connectivity index (χ0) is 54.8. The Morgan fingerprint density at radius 2 is 0.910 bits per heavy atom. The van der Waals surface area contributed by atoms with Crippen LogP contribution >= 0.6 is 23.5 Å². The molecule has 0 saturated heterocycles. The molecular formula is C64H56N4O8S2. The summed E-state index contributed by atoms with van der Waals surface area (Å²) in [6.07, 6.45) is 0.406. The quantitative estimate of drug-likeness (QED) is 0.0835. The molecule has 3 N–H and O–H groups in total. The first-order chi connectivity index (χ1) is 38.0. The Morgan fingerprint density at radius 1 is 0.538 bits per heavy atom. The third kappa shape index (κ3) is 14.3. The fourth-order valence-corrected chi connectivity index (χ4v) is 11.2. The van der Waals surface area contributed by atoms with E-state index in [1.54, 1.807) is 14.2 Å². The number of benzene rings is 8. The van der Waals surface area contributed by atoms with Crippen molar-refractivity contribution in [2.75, 3.05) is 14.2 Å². The molecule has 2 atom stereocenters. The first-order valence-electron chi connectivity index (χ1n) is 25.0. The number of hydrogen-bond acceptors (Lipinski definition) is 11. The zero-order valence-electron chi connectivity index (χ0n) is 43.2. The molecule has 0 spiro atoms. The second kappa shape index (κ2) is 27.2. The summed E-state index contributed by atoms with van der Waals surface area (Å²) >= 11 is 2.98. The van der Waals surface area contributed by atoms with Crippen molar-refractivity contribution in [3.63, 3.8) is 0 Å². The molecule has 2 aliphatic rings. The van der Waals surface area contributed by atoms with Crippen LogP contribution in [0.5, 0.6) is 23.0 Å². The van der Waals surface area contributed by atoms with Crippen LogP contribution in [0.25, 0.3) is 21.5 Å². The number of rotatable bonds is 16. The van der Waals surface area contributed by atoms with E-state index in [9.17, 15) is 20.1 Å².